The lowest BCUT2D eigenvalue weighted by molar-refractivity contribution is -0.109. The summed E-state index contributed by atoms with van der Waals surface area (Å²) in [5.74, 6) is 0. The van der Waals surface area contributed by atoms with E-state index < -0.39 is 0 Å². The molecule has 2 N–H and O–H groups in total. The van der Waals surface area contributed by atoms with Crippen molar-refractivity contribution in [1.82, 2.24) is 15.3 Å². The van der Waals surface area contributed by atoms with Crippen LogP contribution >= 0.6 is 0 Å². The summed E-state index contributed by atoms with van der Waals surface area (Å²) in [6.45, 7) is 0. The number of H-pyrrole nitrogens is 1. The number of nitrogens with zero attached hydrogens (tertiary/aromatic N) is 1. The van der Waals surface area contributed by atoms with E-state index in [-0.39, 0.29) is 6.04 Å². The lowest BCUT2D eigenvalue weighted by Crippen LogP contribution is -2.17. The maximum atomic E-state index is 10.7. The van der Waals surface area contributed by atoms with Gasteiger partial charge in [-0.15, -0.1) is 0 Å². The van der Waals surface area contributed by atoms with Crippen LogP contribution < -0.4 is 5.32 Å². The third-order valence-electron chi connectivity index (χ3n) is 2.25. The molecule has 1 aromatic heterocycles. The van der Waals surface area contributed by atoms with Gasteiger partial charge in [0.2, 0.25) is 0 Å². The van der Waals surface area contributed by atoms with Crippen molar-refractivity contribution >= 4 is 17.3 Å². The second kappa shape index (κ2) is 3.59. The van der Waals surface area contributed by atoms with Gasteiger partial charge in [0.25, 0.3) is 0 Å². The maximum Gasteiger partial charge on any atom is 0.141 e. The average Bonchev–Trinajstić information content (AvgIpc) is 2.66. The maximum absolute atomic E-state index is 10.7. The Hall–Kier alpha value is -1.68. The van der Waals surface area contributed by atoms with Crippen LogP contribution in [0.2, 0.25) is 0 Å². The Kier molecular flexibility index (Phi) is 2.28. The molecule has 1 heterocycles. The number of imidazole rings is 1. The fourth-order valence-corrected chi connectivity index (χ4v) is 1.46. The van der Waals surface area contributed by atoms with E-state index in [1.165, 1.54) is 0 Å². The zero-order valence-electron chi connectivity index (χ0n) is 7.82. The van der Waals surface area contributed by atoms with Crippen LogP contribution in [-0.2, 0) is 4.79 Å². The first-order valence-electron chi connectivity index (χ1n) is 4.40. The number of nitrogens with one attached hydrogen (secondary N) is 2. The van der Waals surface area contributed by atoms with Gasteiger partial charge in [0, 0.05) is 0 Å². The molecule has 0 aliphatic rings. The highest BCUT2D eigenvalue weighted by Crippen LogP contribution is 2.16. The van der Waals surface area contributed by atoms with Crippen molar-refractivity contribution in [2.75, 3.05) is 7.05 Å². The van der Waals surface area contributed by atoms with Crippen LogP contribution in [0.5, 0.6) is 0 Å². The highest BCUT2D eigenvalue weighted by molar-refractivity contribution is 5.76. The van der Waals surface area contributed by atoms with E-state index in [9.17, 15) is 4.79 Å². The molecule has 0 aliphatic heterocycles. The summed E-state index contributed by atoms with van der Waals surface area (Å²) >= 11 is 0. The van der Waals surface area contributed by atoms with Crippen molar-refractivity contribution in [3.63, 3.8) is 0 Å². The number of rotatable bonds is 3. The first kappa shape index (κ1) is 8.90. The van der Waals surface area contributed by atoms with Crippen molar-refractivity contribution in [3.05, 3.63) is 30.1 Å². The molecule has 14 heavy (non-hydrogen) atoms. The normalized spacial score (nSPS) is 12.9. The zero-order valence-corrected chi connectivity index (χ0v) is 7.82. The number of aromatic nitrogens is 2. The molecular formula is C10H11N3O. The molecule has 0 spiro atoms. The zero-order chi connectivity index (χ0) is 9.97. The van der Waals surface area contributed by atoms with Crippen molar-refractivity contribution in [2.45, 2.75) is 6.04 Å². The van der Waals surface area contributed by atoms with Gasteiger partial charge in [0.15, 0.2) is 0 Å². The molecule has 2 rings (SSSR count). The van der Waals surface area contributed by atoms with Crippen LogP contribution in [0.15, 0.2) is 24.5 Å². The van der Waals surface area contributed by atoms with Crippen molar-refractivity contribution in [3.8, 4) is 0 Å². The third kappa shape index (κ3) is 1.40. The number of benzene rings is 1. The van der Waals surface area contributed by atoms with Gasteiger partial charge in [0.1, 0.15) is 6.29 Å². The van der Waals surface area contributed by atoms with Crippen molar-refractivity contribution < 1.29 is 4.79 Å². The van der Waals surface area contributed by atoms with Crippen LogP contribution in [-0.4, -0.2) is 23.3 Å². The summed E-state index contributed by atoms with van der Waals surface area (Å²) in [5.41, 5.74) is 2.80. The minimum atomic E-state index is -0.248. The average molecular weight is 189 g/mol. The molecule has 0 aliphatic carbocycles. The van der Waals surface area contributed by atoms with E-state index in [1.54, 1.807) is 13.4 Å². The van der Waals surface area contributed by atoms with Gasteiger partial charge < -0.3 is 15.1 Å². The van der Waals surface area contributed by atoms with Gasteiger partial charge in [-0.25, -0.2) is 4.98 Å². The molecule has 2 aromatic rings. The SMILES string of the molecule is CNC(C=O)c1ccc2nc[nH]c2c1. The number of fused-ring (bicyclic) bond motifs is 1. The number of hydrogen-bond acceptors (Lipinski definition) is 3. The van der Waals surface area contributed by atoms with E-state index in [4.69, 9.17) is 0 Å². The smallest absolute Gasteiger partial charge is 0.141 e. The Labute approximate surface area is 81.3 Å². The first-order chi connectivity index (χ1) is 6.85. The van der Waals surface area contributed by atoms with Gasteiger partial charge in [-0.1, -0.05) is 6.07 Å². The second-order valence-electron chi connectivity index (χ2n) is 3.08. The quantitative estimate of drug-likeness (QED) is 0.709. The monoisotopic (exact) mass is 189 g/mol. The molecule has 1 atom stereocenters. The predicted molar refractivity (Wildman–Crippen MR) is 54.0 cm³/mol. The molecule has 4 heteroatoms. The van der Waals surface area contributed by atoms with E-state index in [2.05, 4.69) is 15.3 Å². The second-order valence-corrected chi connectivity index (χ2v) is 3.08. The van der Waals surface area contributed by atoms with E-state index in [0.29, 0.717) is 0 Å². The number of carbonyl (C=O) groups excluding carboxylic acids is 1. The number of hydrogen-bond donors (Lipinski definition) is 2. The molecule has 72 valence electrons. The number of likely N-dealkylation sites (N-methyl/N-ethyl adjacent to an activating group) is 1. The van der Waals surface area contributed by atoms with Gasteiger partial charge in [0.05, 0.1) is 23.4 Å². The molecule has 0 bridgehead atoms. The fraction of sp³-hybridized carbons (Fsp3) is 0.200. The Balaban J connectivity index is 2.47. The topological polar surface area (TPSA) is 57.8 Å². The number of aldehydes is 1. The fourth-order valence-electron chi connectivity index (χ4n) is 1.46. The minimum absolute atomic E-state index is 0.248. The van der Waals surface area contributed by atoms with Crippen molar-refractivity contribution in [2.24, 2.45) is 0 Å². The predicted octanol–water partition coefficient (Wildman–Crippen LogP) is 1.02. The number of aromatic amines is 1. The molecule has 0 saturated heterocycles. The minimum Gasteiger partial charge on any atom is -0.345 e. The molecule has 0 fully saturated rings. The van der Waals surface area contributed by atoms with Crippen LogP contribution in [0.25, 0.3) is 11.0 Å². The van der Waals surface area contributed by atoms with E-state index in [0.717, 1.165) is 22.9 Å². The Morgan fingerprint density at radius 1 is 1.57 bits per heavy atom. The largest absolute Gasteiger partial charge is 0.345 e. The Morgan fingerprint density at radius 2 is 2.43 bits per heavy atom. The van der Waals surface area contributed by atoms with Gasteiger partial charge in [-0.2, -0.15) is 0 Å². The highest BCUT2D eigenvalue weighted by Gasteiger charge is 2.07. The molecule has 1 unspecified atom stereocenters. The molecule has 0 amide bonds. The molecule has 1 aromatic carbocycles. The highest BCUT2D eigenvalue weighted by atomic mass is 16.1. The van der Waals surface area contributed by atoms with Gasteiger partial charge in [-0.3, -0.25) is 0 Å². The van der Waals surface area contributed by atoms with Gasteiger partial charge >= 0.3 is 0 Å². The van der Waals surface area contributed by atoms with Crippen molar-refractivity contribution in [1.29, 1.82) is 0 Å². The van der Waals surface area contributed by atoms with E-state index >= 15 is 0 Å². The summed E-state index contributed by atoms with van der Waals surface area (Å²) in [4.78, 5) is 17.8. The summed E-state index contributed by atoms with van der Waals surface area (Å²) in [6, 6.07) is 5.48. The van der Waals surface area contributed by atoms with Crippen LogP contribution in [0, 0.1) is 0 Å². The molecule has 0 saturated carbocycles. The van der Waals surface area contributed by atoms with Crippen LogP contribution in [0.4, 0.5) is 0 Å². The van der Waals surface area contributed by atoms with Crippen LogP contribution in [0.3, 0.4) is 0 Å². The third-order valence-corrected chi connectivity index (χ3v) is 2.25. The summed E-state index contributed by atoms with van der Waals surface area (Å²) in [6.07, 6.45) is 2.53. The van der Waals surface area contributed by atoms with E-state index in [1.807, 2.05) is 18.2 Å². The Bertz CT molecular complexity index is 449. The molecular weight excluding hydrogens is 178 g/mol. The summed E-state index contributed by atoms with van der Waals surface area (Å²) < 4.78 is 0. The van der Waals surface area contributed by atoms with Gasteiger partial charge in [-0.05, 0) is 24.7 Å². The molecule has 0 radical (unpaired) electrons. The first-order valence-corrected chi connectivity index (χ1v) is 4.40. The summed E-state index contributed by atoms with van der Waals surface area (Å²) in [5, 5.41) is 2.92. The molecule has 4 nitrogen and oxygen atoms in total. The standard InChI is InChI=1S/C10H11N3O/c1-11-10(5-14)7-2-3-8-9(4-7)13-6-12-8/h2-6,10-11H,1H3,(H,12,13). The van der Waals surface area contributed by atoms with Crippen LogP contribution in [0.1, 0.15) is 11.6 Å². The summed E-state index contributed by atoms with van der Waals surface area (Å²) in [7, 11) is 1.76. The Morgan fingerprint density at radius 3 is 3.14 bits per heavy atom. The lowest BCUT2D eigenvalue weighted by atomic mass is 10.1. The lowest BCUT2D eigenvalue weighted by Gasteiger charge is -2.08. The number of carbonyl (C=O) groups is 1.